The third-order valence-corrected chi connectivity index (χ3v) is 3.42. The summed E-state index contributed by atoms with van der Waals surface area (Å²) in [4.78, 5) is 4.23. The van der Waals surface area contributed by atoms with Gasteiger partial charge in [0, 0.05) is 18.3 Å². The Balaban J connectivity index is 2.06. The van der Waals surface area contributed by atoms with Crippen LogP contribution in [0.25, 0.3) is 0 Å². The molecular weight excluding hydrogens is 186 g/mol. The molecule has 3 atom stereocenters. The SMILES string of the molecule is CCCC1CC1n1cncc1[C@H](N)CC. The van der Waals surface area contributed by atoms with E-state index in [0.29, 0.717) is 6.04 Å². The molecule has 2 unspecified atom stereocenters. The minimum absolute atomic E-state index is 0.148. The van der Waals surface area contributed by atoms with Crippen LogP contribution in [0.1, 0.15) is 57.3 Å². The van der Waals surface area contributed by atoms with Crippen molar-refractivity contribution in [3.8, 4) is 0 Å². The molecule has 1 aromatic heterocycles. The van der Waals surface area contributed by atoms with E-state index in [1.54, 1.807) is 0 Å². The van der Waals surface area contributed by atoms with Crippen molar-refractivity contribution < 1.29 is 0 Å². The summed E-state index contributed by atoms with van der Waals surface area (Å²) in [6.45, 7) is 4.38. The fraction of sp³-hybridized carbons (Fsp3) is 0.750. The van der Waals surface area contributed by atoms with Gasteiger partial charge in [0.2, 0.25) is 0 Å². The fourth-order valence-electron chi connectivity index (χ4n) is 2.34. The molecule has 0 radical (unpaired) electrons. The van der Waals surface area contributed by atoms with Gasteiger partial charge in [-0.05, 0) is 25.2 Å². The van der Waals surface area contributed by atoms with E-state index >= 15 is 0 Å². The van der Waals surface area contributed by atoms with Crippen molar-refractivity contribution in [2.45, 2.75) is 51.6 Å². The highest BCUT2D eigenvalue weighted by molar-refractivity contribution is 5.09. The number of rotatable bonds is 5. The Labute approximate surface area is 91.7 Å². The quantitative estimate of drug-likeness (QED) is 0.806. The third-order valence-electron chi connectivity index (χ3n) is 3.42. The number of hydrogen-bond donors (Lipinski definition) is 1. The van der Waals surface area contributed by atoms with Crippen LogP contribution in [0.3, 0.4) is 0 Å². The largest absolute Gasteiger partial charge is 0.330 e. The minimum atomic E-state index is 0.148. The first kappa shape index (κ1) is 10.7. The van der Waals surface area contributed by atoms with Crippen molar-refractivity contribution in [1.82, 2.24) is 9.55 Å². The molecule has 15 heavy (non-hydrogen) atoms. The Bertz CT molecular complexity index is 318. The maximum absolute atomic E-state index is 6.06. The highest BCUT2D eigenvalue weighted by Gasteiger charge is 2.38. The van der Waals surface area contributed by atoms with Crippen LogP contribution in [0.15, 0.2) is 12.5 Å². The lowest BCUT2D eigenvalue weighted by atomic mass is 10.2. The molecule has 1 saturated carbocycles. The topological polar surface area (TPSA) is 43.8 Å². The Morgan fingerprint density at radius 2 is 2.40 bits per heavy atom. The summed E-state index contributed by atoms with van der Waals surface area (Å²) in [6, 6.07) is 0.829. The fourth-order valence-corrected chi connectivity index (χ4v) is 2.34. The van der Waals surface area contributed by atoms with Gasteiger partial charge in [0.15, 0.2) is 0 Å². The number of imidazole rings is 1. The third kappa shape index (κ3) is 2.07. The number of aromatic nitrogens is 2. The molecule has 1 fully saturated rings. The molecule has 1 aromatic rings. The van der Waals surface area contributed by atoms with Gasteiger partial charge < -0.3 is 10.3 Å². The average Bonchev–Trinajstić information content (AvgIpc) is 2.83. The summed E-state index contributed by atoms with van der Waals surface area (Å²) in [7, 11) is 0. The Morgan fingerprint density at radius 1 is 1.60 bits per heavy atom. The maximum Gasteiger partial charge on any atom is 0.0951 e. The monoisotopic (exact) mass is 207 g/mol. The van der Waals surface area contributed by atoms with E-state index in [1.165, 1.54) is 25.0 Å². The lowest BCUT2D eigenvalue weighted by molar-refractivity contribution is 0.556. The van der Waals surface area contributed by atoms with Crippen molar-refractivity contribution in [2.24, 2.45) is 11.7 Å². The first-order chi connectivity index (χ1) is 7.27. The first-order valence-electron chi connectivity index (χ1n) is 6.05. The summed E-state index contributed by atoms with van der Waals surface area (Å²) in [5.74, 6) is 0.868. The van der Waals surface area contributed by atoms with Gasteiger partial charge in [0.25, 0.3) is 0 Å². The second-order valence-corrected chi connectivity index (χ2v) is 4.59. The molecule has 0 bridgehead atoms. The molecule has 84 valence electrons. The smallest absolute Gasteiger partial charge is 0.0951 e. The molecule has 1 heterocycles. The van der Waals surface area contributed by atoms with Crippen LogP contribution in [-0.4, -0.2) is 9.55 Å². The molecule has 1 aliphatic rings. The van der Waals surface area contributed by atoms with Gasteiger partial charge in [-0.2, -0.15) is 0 Å². The summed E-state index contributed by atoms with van der Waals surface area (Å²) in [5, 5.41) is 0. The molecule has 0 aliphatic heterocycles. The lowest BCUT2D eigenvalue weighted by Crippen LogP contribution is -2.14. The Kier molecular flexibility index (Phi) is 3.10. The van der Waals surface area contributed by atoms with Crippen molar-refractivity contribution >= 4 is 0 Å². The Hall–Kier alpha value is -0.830. The summed E-state index contributed by atoms with van der Waals surface area (Å²) >= 11 is 0. The zero-order chi connectivity index (χ0) is 10.8. The van der Waals surface area contributed by atoms with Crippen LogP contribution in [0.2, 0.25) is 0 Å². The highest BCUT2D eigenvalue weighted by Crippen LogP contribution is 2.47. The number of hydrogen-bond acceptors (Lipinski definition) is 2. The molecule has 1 aliphatic carbocycles. The molecule has 0 spiro atoms. The zero-order valence-electron chi connectivity index (χ0n) is 9.69. The predicted octanol–water partition coefficient (Wildman–Crippen LogP) is 2.65. The second kappa shape index (κ2) is 4.35. The molecule has 2 N–H and O–H groups in total. The molecule has 2 rings (SSSR count). The first-order valence-corrected chi connectivity index (χ1v) is 6.05. The number of nitrogens with two attached hydrogens (primary N) is 1. The number of nitrogens with zero attached hydrogens (tertiary/aromatic N) is 2. The van der Waals surface area contributed by atoms with Gasteiger partial charge in [-0.3, -0.25) is 0 Å². The van der Waals surface area contributed by atoms with Crippen LogP contribution in [0, 0.1) is 5.92 Å². The van der Waals surface area contributed by atoms with Crippen LogP contribution >= 0.6 is 0 Å². The molecule has 3 heteroatoms. The van der Waals surface area contributed by atoms with E-state index < -0.39 is 0 Å². The van der Waals surface area contributed by atoms with Gasteiger partial charge in [-0.1, -0.05) is 20.3 Å². The van der Waals surface area contributed by atoms with Gasteiger partial charge in [0.05, 0.1) is 12.0 Å². The molecule has 0 saturated heterocycles. The molecule has 3 nitrogen and oxygen atoms in total. The van der Waals surface area contributed by atoms with Gasteiger partial charge >= 0.3 is 0 Å². The Morgan fingerprint density at radius 3 is 3.07 bits per heavy atom. The van der Waals surface area contributed by atoms with Crippen molar-refractivity contribution in [3.05, 3.63) is 18.2 Å². The summed E-state index contributed by atoms with van der Waals surface area (Å²) in [5.41, 5.74) is 7.27. The minimum Gasteiger partial charge on any atom is -0.330 e. The van der Waals surface area contributed by atoms with E-state index in [1.807, 2.05) is 12.5 Å². The van der Waals surface area contributed by atoms with E-state index in [0.717, 1.165) is 12.3 Å². The predicted molar refractivity (Wildman–Crippen MR) is 61.5 cm³/mol. The van der Waals surface area contributed by atoms with Gasteiger partial charge in [0.1, 0.15) is 0 Å². The van der Waals surface area contributed by atoms with E-state index in [4.69, 9.17) is 5.73 Å². The van der Waals surface area contributed by atoms with Crippen LogP contribution in [0.4, 0.5) is 0 Å². The normalized spacial score (nSPS) is 26.6. The molecule has 0 aromatic carbocycles. The van der Waals surface area contributed by atoms with E-state index in [2.05, 4.69) is 23.4 Å². The molecule has 0 amide bonds. The van der Waals surface area contributed by atoms with E-state index in [-0.39, 0.29) is 6.04 Å². The van der Waals surface area contributed by atoms with Gasteiger partial charge in [-0.25, -0.2) is 4.98 Å². The molecular formula is C12H21N3. The van der Waals surface area contributed by atoms with Crippen molar-refractivity contribution in [3.63, 3.8) is 0 Å². The zero-order valence-corrected chi connectivity index (χ0v) is 9.69. The van der Waals surface area contributed by atoms with Gasteiger partial charge in [-0.15, -0.1) is 0 Å². The standard InChI is InChI=1S/C12H21N3/c1-3-5-9-6-11(9)15-8-14-7-12(15)10(13)4-2/h7-11H,3-6,13H2,1-2H3/t9?,10-,11?/m1/s1. The van der Waals surface area contributed by atoms with Crippen molar-refractivity contribution in [1.29, 1.82) is 0 Å². The summed E-state index contributed by atoms with van der Waals surface area (Å²) in [6.07, 6.45) is 8.79. The maximum atomic E-state index is 6.06. The van der Waals surface area contributed by atoms with Crippen molar-refractivity contribution in [2.75, 3.05) is 0 Å². The highest BCUT2D eigenvalue weighted by atomic mass is 15.1. The lowest BCUT2D eigenvalue weighted by Gasteiger charge is -2.12. The second-order valence-electron chi connectivity index (χ2n) is 4.59. The summed E-state index contributed by atoms with van der Waals surface area (Å²) < 4.78 is 2.30. The van der Waals surface area contributed by atoms with Crippen LogP contribution in [0.5, 0.6) is 0 Å². The van der Waals surface area contributed by atoms with Crippen LogP contribution in [-0.2, 0) is 0 Å². The average molecular weight is 207 g/mol. The van der Waals surface area contributed by atoms with E-state index in [9.17, 15) is 0 Å². The van der Waals surface area contributed by atoms with Crippen LogP contribution < -0.4 is 5.73 Å².